The zero-order valence-electron chi connectivity index (χ0n) is 27.2. The molecular weight excluding hydrogens is 627 g/mol. The molecule has 3 nitrogen and oxygen atoms in total. The zero-order valence-corrected chi connectivity index (χ0v) is 28.1. The molecule has 0 atom stereocenters. The molecule has 0 aliphatic rings. The van der Waals surface area contributed by atoms with E-state index in [0.29, 0.717) is 0 Å². The largest absolute Gasteiger partial charge is 0.308 e. The fourth-order valence-corrected chi connectivity index (χ4v) is 9.07. The van der Waals surface area contributed by atoms with Crippen molar-refractivity contribution < 1.29 is 0 Å². The molecule has 0 saturated heterocycles. The van der Waals surface area contributed by atoms with Crippen molar-refractivity contribution >= 4 is 94.2 Å². The highest BCUT2D eigenvalue weighted by Gasteiger charge is 2.23. The molecule has 0 spiro atoms. The number of rotatable bonds is 2. The van der Waals surface area contributed by atoms with Crippen molar-refractivity contribution in [3.63, 3.8) is 0 Å². The Hall–Kier alpha value is -6.10. The Morgan fingerprint density at radius 2 is 1.04 bits per heavy atom. The van der Waals surface area contributed by atoms with Crippen molar-refractivity contribution in [2.75, 3.05) is 0 Å². The highest BCUT2D eigenvalue weighted by molar-refractivity contribution is 7.80. The molecule has 11 rings (SSSR count). The van der Waals surface area contributed by atoms with Crippen LogP contribution in [0, 0.1) is 6.92 Å². The van der Waals surface area contributed by atoms with Gasteiger partial charge in [0, 0.05) is 37.4 Å². The average Bonchev–Trinajstić information content (AvgIpc) is 3.73. The minimum Gasteiger partial charge on any atom is -0.308 e. The summed E-state index contributed by atoms with van der Waals surface area (Å²) in [5, 5.41) is 12.3. The Balaban J connectivity index is 1.33. The first-order valence-corrected chi connectivity index (χ1v) is 17.5. The van der Waals surface area contributed by atoms with Gasteiger partial charge in [-0.1, -0.05) is 127 Å². The number of hydrogen-bond donors (Lipinski definition) is 1. The van der Waals surface area contributed by atoms with E-state index >= 15 is 0 Å². The van der Waals surface area contributed by atoms with E-state index < -0.39 is 0 Å². The van der Waals surface area contributed by atoms with Crippen molar-refractivity contribution in [1.82, 2.24) is 14.0 Å². The van der Waals surface area contributed by atoms with Crippen LogP contribution in [0.5, 0.6) is 0 Å². The second-order valence-corrected chi connectivity index (χ2v) is 13.7. The molecule has 50 heavy (non-hydrogen) atoms. The first kappa shape index (κ1) is 27.8. The molecule has 0 amide bonds. The number of benzene rings is 8. The van der Waals surface area contributed by atoms with Gasteiger partial charge in [0.1, 0.15) is 5.65 Å². The fourth-order valence-electron chi connectivity index (χ4n) is 8.65. The summed E-state index contributed by atoms with van der Waals surface area (Å²) in [4.78, 5) is 6.12. The predicted octanol–water partition coefficient (Wildman–Crippen LogP) is 12.5. The number of aryl methyl sites for hydroxylation is 1. The number of imidazole rings is 1. The lowest BCUT2D eigenvalue weighted by atomic mass is 9.93. The van der Waals surface area contributed by atoms with E-state index in [1.807, 2.05) is 0 Å². The molecule has 0 bridgehead atoms. The number of thiol groups is 1. The van der Waals surface area contributed by atoms with Crippen molar-refractivity contribution in [1.29, 1.82) is 0 Å². The van der Waals surface area contributed by atoms with Crippen LogP contribution in [0.1, 0.15) is 5.56 Å². The molecule has 0 saturated carbocycles. The summed E-state index contributed by atoms with van der Waals surface area (Å²) in [5.41, 5.74) is 9.96. The maximum absolute atomic E-state index is 5.31. The summed E-state index contributed by atoms with van der Waals surface area (Å²) in [7, 11) is 0. The van der Waals surface area contributed by atoms with Gasteiger partial charge in [-0.2, -0.15) is 0 Å². The van der Waals surface area contributed by atoms with Crippen LogP contribution in [0.2, 0.25) is 0 Å². The average molecular weight is 656 g/mol. The summed E-state index contributed by atoms with van der Waals surface area (Å²) in [6, 6.07) is 54.8. The summed E-state index contributed by atoms with van der Waals surface area (Å²) in [6.45, 7) is 2.28. The Kier molecular flexibility index (Phi) is 5.68. The maximum atomic E-state index is 5.31. The molecule has 0 fully saturated rings. The third-order valence-corrected chi connectivity index (χ3v) is 11.2. The number of aromatic nitrogens is 3. The Labute approximate surface area is 293 Å². The smallest absolute Gasteiger partial charge is 0.146 e. The molecule has 4 heteroatoms. The van der Waals surface area contributed by atoms with E-state index in [4.69, 9.17) is 17.6 Å². The van der Waals surface area contributed by atoms with Crippen LogP contribution in [-0.4, -0.2) is 14.0 Å². The van der Waals surface area contributed by atoms with Gasteiger partial charge < -0.3 is 4.57 Å². The molecule has 0 N–H and O–H groups in total. The third-order valence-electron chi connectivity index (χ3n) is 10.8. The molecule has 234 valence electrons. The first-order chi connectivity index (χ1) is 24.7. The molecule has 0 aliphatic heterocycles. The van der Waals surface area contributed by atoms with E-state index in [9.17, 15) is 0 Å². The molecule has 0 aliphatic carbocycles. The van der Waals surface area contributed by atoms with Gasteiger partial charge in [0.15, 0.2) is 0 Å². The van der Waals surface area contributed by atoms with Crippen molar-refractivity contribution in [3.05, 3.63) is 157 Å². The third kappa shape index (κ3) is 3.58. The SMILES string of the molecule is Cc1c(-c2c(S)c3ccccc3c3nc4ccccc4n23)ccc2c3ccccc3n(-c3cccc4c5ccccc5c5ccccc5c34)c12. The fraction of sp³-hybridized carbons (Fsp3) is 0.0217. The number of nitrogens with zero attached hydrogens (tertiary/aromatic N) is 3. The normalized spacial score (nSPS) is 12.2. The van der Waals surface area contributed by atoms with Crippen LogP contribution in [0.15, 0.2) is 157 Å². The Morgan fingerprint density at radius 1 is 0.480 bits per heavy atom. The van der Waals surface area contributed by atoms with Gasteiger partial charge in [-0.25, -0.2) is 4.98 Å². The highest BCUT2D eigenvalue weighted by Crippen LogP contribution is 2.45. The summed E-state index contributed by atoms with van der Waals surface area (Å²) < 4.78 is 4.83. The minimum atomic E-state index is 0.946. The van der Waals surface area contributed by atoms with Crippen molar-refractivity contribution in [3.8, 4) is 16.9 Å². The van der Waals surface area contributed by atoms with Crippen LogP contribution in [-0.2, 0) is 0 Å². The number of pyridine rings is 1. The van der Waals surface area contributed by atoms with Crippen LogP contribution in [0.4, 0.5) is 0 Å². The van der Waals surface area contributed by atoms with Gasteiger partial charge in [-0.3, -0.25) is 4.40 Å². The van der Waals surface area contributed by atoms with E-state index in [-0.39, 0.29) is 0 Å². The summed E-state index contributed by atoms with van der Waals surface area (Å²) in [6.07, 6.45) is 0. The highest BCUT2D eigenvalue weighted by atomic mass is 32.1. The number of hydrogen-bond acceptors (Lipinski definition) is 2. The van der Waals surface area contributed by atoms with Gasteiger partial charge in [0.25, 0.3) is 0 Å². The molecule has 11 aromatic rings. The standard InChI is InChI=1S/C46H29N3S/c1-27-28(44-45(50)36-18-6-7-19-37(36)46-47-38-21-9-11-23-40(38)49(44)46)25-26-35-32-16-8-10-22-39(32)48(43(27)35)41-24-12-20-34-31-14-3-2-13-29(31)30-15-4-5-17-33(30)42(34)41/h2-26,50H,1H3. The van der Waals surface area contributed by atoms with Gasteiger partial charge in [-0.15, -0.1) is 12.6 Å². The lowest BCUT2D eigenvalue weighted by Crippen LogP contribution is -2.01. The van der Waals surface area contributed by atoms with Crippen LogP contribution < -0.4 is 0 Å². The molecule has 3 heterocycles. The van der Waals surface area contributed by atoms with Gasteiger partial charge >= 0.3 is 0 Å². The first-order valence-electron chi connectivity index (χ1n) is 17.1. The van der Waals surface area contributed by atoms with Gasteiger partial charge in [0.05, 0.1) is 33.4 Å². The van der Waals surface area contributed by atoms with E-state index in [0.717, 1.165) is 43.6 Å². The lowest BCUT2D eigenvalue weighted by Gasteiger charge is -2.19. The monoisotopic (exact) mass is 655 g/mol. The second-order valence-electron chi connectivity index (χ2n) is 13.3. The van der Waals surface area contributed by atoms with Gasteiger partial charge in [-0.05, 0) is 63.7 Å². The molecule has 0 radical (unpaired) electrons. The quantitative estimate of drug-likeness (QED) is 0.145. The minimum absolute atomic E-state index is 0.946. The number of para-hydroxylation sites is 3. The zero-order chi connectivity index (χ0) is 33.1. The summed E-state index contributed by atoms with van der Waals surface area (Å²) in [5.74, 6) is 0. The van der Waals surface area contributed by atoms with Crippen molar-refractivity contribution in [2.24, 2.45) is 0 Å². The van der Waals surface area contributed by atoms with E-state index in [1.54, 1.807) is 0 Å². The Morgan fingerprint density at radius 3 is 1.78 bits per heavy atom. The van der Waals surface area contributed by atoms with Crippen LogP contribution in [0.3, 0.4) is 0 Å². The predicted molar refractivity (Wildman–Crippen MR) is 214 cm³/mol. The molecule has 8 aromatic carbocycles. The van der Waals surface area contributed by atoms with Crippen molar-refractivity contribution in [2.45, 2.75) is 11.8 Å². The van der Waals surface area contributed by atoms with Crippen LogP contribution >= 0.6 is 12.6 Å². The molecular formula is C46H29N3S. The number of fused-ring (bicyclic) bond motifs is 14. The lowest BCUT2D eigenvalue weighted by molar-refractivity contribution is 1.17. The van der Waals surface area contributed by atoms with E-state index in [2.05, 4.69) is 168 Å². The Bertz CT molecular complexity index is 3190. The molecule has 3 aromatic heterocycles. The topological polar surface area (TPSA) is 22.2 Å². The maximum Gasteiger partial charge on any atom is 0.146 e. The van der Waals surface area contributed by atoms with E-state index in [1.165, 1.54) is 65.4 Å². The molecule has 0 unspecified atom stereocenters. The van der Waals surface area contributed by atoms with Crippen LogP contribution in [0.25, 0.3) is 98.5 Å². The van der Waals surface area contributed by atoms with Gasteiger partial charge in [0.2, 0.25) is 0 Å². The second kappa shape index (κ2) is 10.2. The summed E-state index contributed by atoms with van der Waals surface area (Å²) >= 11 is 5.31.